The molecule has 2 rings (SSSR count). The summed E-state index contributed by atoms with van der Waals surface area (Å²) >= 11 is 17.8. The maximum absolute atomic E-state index is 6.05. The van der Waals surface area contributed by atoms with E-state index in [4.69, 9.17) is 45.0 Å². The molecule has 1 aromatic heterocycles. The van der Waals surface area contributed by atoms with Crippen molar-refractivity contribution in [2.45, 2.75) is 6.04 Å². The highest BCUT2D eigenvalue weighted by atomic mass is 35.5. The number of benzene rings is 1. The van der Waals surface area contributed by atoms with E-state index >= 15 is 0 Å². The normalized spacial score (nSPS) is 12.8. The molecule has 0 radical (unpaired) electrons. The van der Waals surface area contributed by atoms with Crippen molar-refractivity contribution in [3.8, 4) is 0 Å². The van der Waals surface area contributed by atoms with Crippen LogP contribution in [0.15, 0.2) is 34.9 Å². The van der Waals surface area contributed by atoms with Crippen molar-refractivity contribution in [2.24, 2.45) is 5.73 Å². The first kappa shape index (κ1) is 11.8. The number of rotatable bonds is 2. The Morgan fingerprint density at radius 3 is 2.44 bits per heavy atom. The van der Waals surface area contributed by atoms with Crippen molar-refractivity contribution in [1.82, 2.24) is 0 Å². The van der Waals surface area contributed by atoms with Gasteiger partial charge in [-0.15, -0.1) is 0 Å². The van der Waals surface area contributed by atoms with Gasteiger partial charge >= 0.3 is 0 Å². The van der Waals surface area contributed by atoms with Crippen LogP contribution in [0, 0.1) is 0 Å². The van der Waals surface area contributed by atoms with E-state index < -0.39 is 6.04 Å². The fourth-order valence-corrected chi connectivity index (χ4v) is 2.09. The Labute approximate surface area is 108 Å². The van der Waals surface area contributed by atoms with Crippen molar-refractivity contribution in [2.75, 3.05) is 0 Å². The summed E-state index contributed by atoms with van der Waals surface area (Å²) < 4.78 is 4.99. The fraction of sp³-hybridized carbons (Fsp3) is 0.0909. The van der Waals surface area contributed by atoms with E-state index in [0.717, 1.165) is 5.56 Å². The van der Waals surface area contributed by atoms with Gasteiger partial charge in [-0.25, -0.2) is 0 Å². The summed E-state index contributed by atoms with van der Waals surface area (Å²) in [6.45, 7) is 0. The topological polar surface area (TPSA) is 39.2 Å². The third-order valence-corrected chi connectivity index (χ3v) is 3.16. The fourth-order valence-electron chi connectivity index (χ4n) is 1.45. The van der Waals surface area contributed by atoms with E-state index in [1.165, 1.54) is 6.26 Å². The Hall–Kier alpha value is -0.670. The Morgan fingerprint density at radius 2 is 1.81 bits per heavy atom. The van der Waals surface area contributed by atoms with Crippen molar-refractivity contribution in [3.63, 3.8) is 0 Å². The predicted molar refractivity (Wildman–Crippen MR) is 66.2 cm³/mol. The number of furan rings is 1. The lowest BCUT2D eigenvalue weighted by atomic mass is 10.0. The van der Waals surface area contributed by atoms with Crippen LogP contribution in [0.1, 0.15) is 17.2 Å². The molecule has 1 atom stereocenters. The first-order valence-electron chi connectivity index (χ1n) is 4.53. The molecular weight excluding hydrogens is 268 g/mol. The van der Waals surface area contributed by atoms with E-state index in [0.29, 0.717) is 15.6 Å². The summed E-state index contributed by atoms with van der Waals surface area (Å²) in [4.78, 5) is 0. The molecule has 2 N–H and O–H groups in total. The molecule has 2 nitrogen and oxygen atoms in total. The summed E-state index contributed by atoms with van der Waals surface area (Å²) in [5.41, 5.74) is 7.45. The van der Waals surface area contributed by atoms with Gasteiger partial charge in [0.1, 0.15) is 0 Å². The van der Waals surface area contributed by atoms with E-state index in [-0.39, 0.29) is 5.22 Å². The second-order valence-corrected chi connectivity index (χ2v) is 4.48. The van der Waals surface area contributed by atoms with Crippen LogP contribution in [-0.4, -0.2) is 0 Å². The van der Waals surface area contributed by atoms with E-state index in [1.807, 2.05) is 0 Å². The molecule has 0 saturated carbocycles. The molecule has 0 aliphatic carbocycles. The van der Waals surface area contributed by atoms with Crippen LogP contribution in [-0.2, 0) is 0 Å². The van der Waals surface area contributed by atoms with Crippen LogP contribution in [0.5, 0.6) is 0 Å². The molecule has 0 fully saturated rings. The van der Waals surface area contributed by atoms with Crippen LogP contribution < -0.4 is 5.73 Å². The SMILES string of the molecule is NC(c1cc(Cl)ccc1Cl)c1ccoc1Cl. The zero-order valence-electron chi connectivity index (χ0n) is 8.08. The highest BCUT2D eigenvalue weighted by Crippen LogP contribution is 2.32. The number of hydrogen-bond donors (Lipinski definition) is 1. The van der Waals surface area contributed by atoms with Crippen molar-refractivity contribution in [1.29, 1.82) is 0 Å². The minimum atomic E-state index is -0.447. The Morgan fingerprint density at radius 1 is 1.06 bits per heavy atom. The van der Waals surface area contributed by atoms with Gasteiger partial charge in [0.05, 0.1) is 12.3 Å². The highest BCUT2D eigenvalue weighted by molar-refractivity contribution is 6.33. The lowest BCUT2D eigenvalue weighted by molar-refractivity contribution is 0.564. The minimum absolute atomic E-state index is 0.267. The zero-order chi connectivity index (χ0) is 11.7. The standard InChI is InChI=1S/C11H8Cl3NO/c12-6-1-2-9(13)8(5-6)10(15)7-3-4-16-11(7)14/h1-5,10H,15H2. The molecule has 0 spiro atoms. The summed E-state index contributed by atoms with van der Waals surface area (Å²) in [6.07, 6.45) is 1.48. The highest BCUT2D eigenvalue weighted by Gasteiger charge is 2.17. The molecular formula is C11H8Cl3NO. The smallest absolute Gasteiger partial charge is 0.198 e. The molecule has 16 heavy (non-hydrogen) atoms. The van der Waals surface area contributed by atoms with Crippen LogP contribution >= 0.6 is 34.8 Å². The van der Waals surface area contributed by atoms with Gasteiger partial charge in [-0.05, 0) is 41.4 Å². The average molecular weight is 277 g/mol. The molecule has 1 unspecified atom stereocenters. The summed E-state index contributed by atoms with van der Waals surface area (Å²) in [6, 6.07) is 6.39. The molecule has 1 heterocycles. The van der Waals surface area contributed by atoms with Gasteiger partial charge in [0.25, 0.3) is 0 Å². The molecule has 84 valence electrons. The molecule has 5 heteroatoms. The van der Waals surface area contributed by atoms with Gasteiger partial charge in [-0.1, -0.05) is 23.2 Å². The van der Waals surface area contributed by atoms with Crippen molar-refractivity contribution in [3.05, 3.63) is 56.9 Å². The Balaban J connectivity index is 2.45. The second kappa shape index (κ2) is 4.68. The molecule has 0 amide bonds. The number of nitrogens with two attached hydrogens (primary N) is 1. The largest absolute Gasteiger partial charge is 0.453 e. The van der Waals surface area contributed by atoms with Crippen LogP contribution in [0.4, 0.5) is 0 Å². The van der Waals surface area contributed by atoms with E-state index in [2.05, 4.69) is 0 Å². The minimum Gasteiger partial charge on any atom is -0.453 e. The summed E-state index contributed by atoms with van der Waals surface area (Å²) in [7, 11) is 0. The van der Waals surface area contributed by atoms with Gasteiger partial charge < -0.3 is 10.2 Å². The Bertz CT molecular complexity index is 510. The van der Waals surface area contributed by atoms with Gasteiger partial charge in [0, 0.05) is 15.6 Å². The number of hydrogen-bond acceptors (Lipinski definition) is 2. The van der Waals surface area contributed by atoms with Gasteiger partial charge in [-0.3, -0.25) is 0 Å². The second-order valence-electron chi connectivity index (χ2n) is 3.29. The predicted octanol–water partition coefficient (Wildman–Crippen LogP) is 4.29. The first-order chi connectivity index (χ1) is 7.59. The molecule has 0 bridgehead atoms. The van der Waals surface area contributed by atoms with Crippen LogP contribution in [0.2, 0.25) is 15.3 Å². The quantitative estimate of drug-likeness (QED) is 0.889. The lowest BCUT2D eigenvalue weighted by Gasteiger charge is -2.12. The zero-order valence-corrected chi connectivity index (χ0v) is 10.4. The van der Waals surface area contributed by atoms with Crippen molar-refractivity contribution >= 4 is 34.8 Å². The van der Waals surface area contributed by atoms with Gasteiger partial charge in [0.15, 0.2) is 5.22 Å². The third kappa shape index (κ3) is 2.20. The van der Waals surface area contributed by atoms with Crippen molar-refractivity contribution < 1.29 is 4.42 Å². The van der Waals surface area contributed by atoms with E-state index in [1.54, 1.807) is 24.3 Å². The summed E-state index contributed by atoms with van der Waals surface area (Å²) in [5, 5.41) is 1.40. The molecule has 1 aromatic carbocycles. The van der Waals surface area contributed by atoms with Gasteiger partial charge in [0.2, 0.25) is 0 Å². The van der Waals surface area contributed by atoms with Gasteiger partial charge in [-0.2, -0.15) is 0 Å². The molecule has 0 aliphatic heterocycles. The average Bonchev–Trinajstić information content (AvgIpc) is 2.67. The molecule has 0 saturated heterocycles. The molecule has 0 aliphatic rings. The van der Waals surface area contributed by atoms with E-state index in [9.17, 15) is 0 Å². The maximum atomic E-state index is 6.05. The first-order valence-corrected chi connectivity index (χ1v) is 5.66. The monoisotopic (exact) mass is 275 g/mol. The maximum Gasteiger partial charge on any atom is 0.198 e. The number of halogens is 3. The lowest BCUT2D eigenvalue weighted by Crippen LogP contribution is -2.11. The summed E-state index contributed by atoms with van der Waals surface area (Å²) in [5.74, 6) is 0. The van der Waals surface area contributed by atoms with Crippen LogP contribution in [0.3, 0.4) is 0 Å². The Kier molecular flexibility index (Phi) is 3.45. The molecule has 2 aromatic rings. The third-order valence-electron chi connectivity index (χ3n) is 2.27. The van der Waals surface area contributed by atoms with Crippen LogP contribution in [0.25, 0.3) is 0 Å².